The van der Waals surface area contributed by atoms with Crippen LogP contribution in [0.4, 0.5) is 10.6 Å². The van der Waals surface area contributed by atoms with E-state index in [0.717, 1.165) is 31.7 Å². The summed E-state index contributed by atoms with van der Waals surface area (Å²) in [6, 6.07) is -0.155. The van der Waals surface area contributed by atoms with Crippen molar-refractivity contribution in [3.63, 3.8) is 0 Å². The van der Waals surface area contributed by atoms with E-state index in [9.17, 15) is 4.79 Å². The van der Waals surface area contributed by atoms with Crippen LogP contribution in [0.5, 0.6) is 0 Å². The molecule has 3 rings (SSSR count). The molecule has 0 unspecified atom stereocenters. The smallest absolute Gasteiger partial charge is 0.404 e. The number of hydrogen-bond acceptors (Lipinski definition) is 6. The highest BCUT2D eigenvalue weighted by molar-refractivity contribution is 7.80. The lowest BCUT2D eigenvalue weighted by Gasteiger charge is -2.42. The minimum absolute atomic E-state index is 0.0918. The van der Waals surface area contributed by atoms with E-state index in [2.05, 4.69) is 32.8 Å². The van der Waals surface area contributed by atoms with E-state index in [1.165, 1.54) is 0 Å². The van der Waals surface area contributed by atoms with E-state index in [-0.39, 0.29) is 17.6 Å². The number of carbonyl (C=O) groups is 1. The summed E-state index contributed by atoms with van der Waals surface area (Å²) in [5.41, 5.74) is -0.120. The van der Waals surface area contributed by atoms with Crippen LogP contribution in [0.25, 0.3) is 0 Å². The summed E-state index contributed by atoms with van der Waals surface area (Å²) in [7, 11) is 0. The third-order valence-corrected chi connectivity index (χ3v) is 4.98. The summed E-state index contributed by atoms with van der Waals surface area (Å²) in [4.78, 5) is 21.7. The van der Waals surface area contributed by atoms with Crippen molar-refractivity contribution in [1.29, 1.82) is 0 Å². The number of amides is 1. The lowest BCUT2D eigenvalue weighted by molar-refractivity contribution is 0.0970. The molecule has 2 aliphatic heterocycles. The van der Waals surface area contributed by atoms with Crippen LogP contribution >= 0.6 is 12.6 Å². The number of rotatable bonds is 2. The van der Waals surface area contributed by atoms with E-state index >= 15 is 0 Å². The summed E-state index contributed by atoms with van der Waals surface area (Å²) in [5.74, 6) is 0.836. The number of thiol groups is 1. The first-order chi connectivity index (χ1) is 10.5. The minimum atomic E-state index is -0.987. The van der Waals surface area contributed by atoms with Crippen LogP contribution in [0.15, 0.2) is 17.4 Å². The maximum Gasteiger partial charge on any atom is 0.404 e. The number of carboxylic acid groups (broad SMARTS) is 1. The Hall–Kier alpha value is -1.54. The second-order valence-electron chi connectivity index (χ2n) is 6.03. The van der Waals surface area contributed by atoms with Crippen LogP contribution in [0.1, 0.15) is 19.8 Å². The number of anilines is 1. The van der Waals surface area contributed by atoms with E-state index in [0.29, 0.717) is 11.6 Å². The van der Waals surface area contributed by atoms with Gasteiger partial charge in [0.1, 0.15) is 10.8 Å². The van der Waals surface area contributed by atoms with Gasteiger partial charge in [0.05, 0.1) is 31.1 Å². The lowest BCUT2D eigenvalue weighted by Crippen LogP contribution is -2.54. The monoisotopic (exact) mass is 324 g/mol. The van der Waals surface area contributed by atoms with Gasteiger partial charge in [-0.25, -0.2) is 14.8 Å². The molecular weight excluding hydrogens is 304 g/mol. The molecule has 1 aromatic rings. The molecular formula is C14H20N4O3S. The van der Waals surface area contributed by atoms with Crippen molar-refractivity contribution in [2.75, 3.05) is 24.6 Å². The molecule has 2 aliphatic rings. The van der Waals surface area contributed by atoms with Crippen molar-refractivity contribution < 1.29 is 14.6 Å². The number of piperidine rings is 1. The van der Waals surface area contributed by atoms with Crippen LogP contribution in [-0.4, -0.2) is 53.0 Å². The van der Waals surface area contributed by atoms with Crippen molar-refractivity contribution in [3.05, 3.63) is 12.4 Å². The Kier molecular flexibility index (Phi) is 4.14. The van der Waals surface area contributed by atoms with Crippen LogP contribution in [0.2, 0.25) is 0 Å². The van der Waals surface area contributed by atoms with Gasteiger partial charge in [-0.2, -0.15) is 0 Å². The first-order valence-electron chi connectivity index (χ1n) is 7.37. The molecule has 3 heterocycles. The summed E-state index contributed by atoms with van der Waals surface area (Å²) in [6.07, 6.45) is 4.02. The van der Waals surface area contributed by atoms with E-state index in [1.807, 2.05) is 6.92 Å². The SMILES string of the molecule is C[C@@H]1OCC2(CCN(c3cnc(S)cn3)CC2)[C@@H]1NC(=O)O. The third kappa shape index (κ3) is 2.85. The second-order valence-corrected chi connectivity index (χ2v) is 6.48. The normalized spacial score (nSPS) is 27.1. The highest BCUT2D eigenvalue weighted by Crippen LogP contribution is 2.42. The van der Waals surface area contributed by atoms with Crippen LogP contribution in [0, 0.1) is 5.41 Å². The Morgan fingerprint density at radius 3 is 2.77 bits per heavy atom. The fourth-order valence-corrected chi connectivity index (χ4v) is 3.61. The lowest BCUT2D eigenvalue weighted by atomic mass is 9.73. The van der Waals surface area contributed by atoms with Crippen molar-refractivity contribution in [2.24, 2.45) is 5.41 Å². The van der Waals surface area contributed by atoms with E-state index < -0.39 is 6.09 Å². The first kappa shape index (κ1) is 15.4. The van der Waals surface area contributed by atoms with Gasteiger partial charge in [0.2, 0.25) is 0 Å². The Labute approximate surface area is 134 Å². The molecule has 2 saturated heterocycles. The summed E-state index contributed by atoms with van der Waals surface area (Å²) >= 11 is 4.14. The standard InChI is InChI=1S/C14H20N4O3S/c1-9-12(17-13(19)20)14(8-21-9)2-4-18(5-3-14)10-6-16-11(22)7-15-10/h6-7,9,12,17H,2-5,8H2,1H3,(H,16,22)(H,19,20)/t9-,12+/m0/s1. The van der Waals surface area contributed by atoms with Gasteiger partial charge in [0.25, 0.3) is 0 Å². The molecule has 1 aromatic heterocycles. The van der Waals surface area contributed by atoms with E-state index in [4.69, 9.17) is 9.84 Å². The van der Waals surface area contributed by atoms with Gasteiger partial charge in [-0.15, -0.1) is 12.6 Å². The van der Waals surface area contributed by atoms with Gasteiger partial charge in [0.15, 0.2) is 0 Å². The summed E-state index contributed by atoms with van der Waals surface area (Å²) in [5, 5.41) is 12.3. The maximum atomic E-state index is 11.0. The number of nitrogens with zero attached hydrogens (tertiary/aromatic N) is 3. The molecule has 1 spiro atoms. The van der Waals surface area contributed by atoms with Crippen LogP contribution in [-0.2, 0) is 4.74 Å². The van der Waals surface area contributed by atoms with Crippen molar-refractivity contribution in [1.82, 2.24) is 15.3 Å². The molecule has 2 atom stereocenters. The Morgan fingerprint density at radius 1 is 1.45 bits per heavy atom. The maximum absolute atomic E-state index is 11.0. The molecule has 0 bridgehead atoms. The number of nitrogens with one attached hydrogen (secondary N) is 1. The molecule has 8 heteroatoms. The van der Waals surface area contributed by atoms with E-state index in [1.54, 1.807) is 12.4 Å². The van der Waals surface area contributed by atoms with Crippen LogP contribution < -0.4 is 10.2 Å². The quantitative estimate of drug-likeness (QED) is 0.713. The Balaban J connectivity index is 1.69. The van der Waals surface area contributed by atoms with Gasteiger partial charge in [-0.3, -0.25) is 0 Å². The minimum Gasteiger partial charge on any atom is -0.465 e. The van der Waals surface area contributed by atoms with Gasteiger partial charge >= 0.3 is 6.09 Å². The molecule has 0 aromatic carbocycles. The second kappa shape index (κ2) is 5.92. The fourth-order valence-electron chi connectivity index (χ4n) is 3.50. The fraction of sp³-hybridized carbons (Fsp3) is 0.643. The zero-order chi connectivity index (χ0) is 15.7. The largest absolute Gasteiger partial charge is 0.465 e. The zero-order valence-corrected chi connectivity index (χ0v) is 13.3. The Morgan fingerprint density at radius 2 is 2.18 bits per heavy atom. The molecule has 22 heavy (non-hydrogen) atoms. The first-order valence-corrected chi connectivity index (χ1v) is 7.82. The third-order valence-electron chi connectivity index (χ3n) is 4.75. The number of ether oxygens (including phenoxy) is 1. The molecule has 0 aliphatic carbocycles. The molecule has 7 nitrogen and oxygen atoms in total. The zero-order valence-electron chi connectivity index (χ0n) is 12.4. The van der Waals surface area contributed by atoms with Gasteiger partial charge in [-0.05, 0) is 19.8 Å². The molecule has 0 radical (unpaired) electrons. The highest BCUT2D eigenvalue weighted by atomic mass is 32.1. The summed E-state index contributed by atoms with van der Waals surface area (Å²) < 4.78 is 5.73. The molecule has 2 N–H and O–H groups in total. The van der Waals surface area contributed by atoms with Gasteiger partial charge in [0, 0.05) is 18.5 Å². The van der Waals surface area contributed by atoms with Gasteiger partial charge in [-0.1, -0.05) is 0 Å². The van der Waals surface area contributed by atoms with Crippen molar-refractivity contribution >= 4 is 24.5 Å². The molecule has 2 fully saturated rings. The number of hydrogen-bond donors (Lipinski definition) is 3. The number of aromatic nitrogens is 2. The predicted octanol–water partition coefficient (Wildman–Crippen LogP) is 1.41. The van der Waals surface area contributed by atoms with Crippen molar-refractivity contribution in [3.8, 4) is 0 Å². The molecule has 120 valence electrons. The molecule has 0 saturated carbocycles. The Bertz CT molecular complexity index is 546. The molecule has 1 amide bonds. The summed E-state index contributed by atoms with van der Waals surface area (Å²) in [6.45, 7) is 4.16. The predicted molar refractivity (Wildman–Crippen MR) is 83.5 cm³/mol. The average Bonchev–Trinajstić information content (AvgIpc) is 2.78. The van der Waals surface area contributed by atoms with Gasteiger partial charge < -0.3 is 20.1 Å². The van der Waals surface area contributed by atoms with Crippen LogP contribution in [0.3, 0.4) is 0 Å². The van der Waals surface area contributed by atoms with Crippen molar-refractivity contribution in [2.45, 2.75) is 36.9 Å². The average molecular weight is 324 g/mol. The highest BCUT2D eigenvalue weighted by Gasteiger charge is 2.50. The topological polar surface area (TPSA) is 87.6 Å².